The first-order valence-corrected chi connectivity index (χ1v) is 5.11. The van der Waals surface area contributed by atoms with Crippen LogP contribution in [0.3, 0.4) is 0 Å². The summed E-state index contributed by atoms with van der Waals surface area (Å²) in [7, 11) is 2.93. The van der Waals surface area contributed by atoms with Crippen molar-refractivity contribution in [3.63, 3.8) is 0 Å². The van der Waals surface area contributed by atoms with Crippen LogP contribution in [0, 0.1) is 11.3 Å². The molecule has 0 fully saturated rings. The number of hydrogen-bond donors (Lipinski definition) is 1. The second kappa shape index (κ2) is 5.58. The average molecular weight is 254 g/mol. The van der Waals surface area contributed by atoms with Gasteiger partial charge >= 0.3 is 0 Å². The first-order valence-electron chi connectivity index (χ1n) is 4.73. The highest BCUT2D eigenvalue weighted by molar-refractivity contribution is 6.32. The van der Waals surface area contributed by atoms with Gasteiger partial charge in [0.05, 0.1) is 30.9 Å². The number of hydrogen-bond acceptors (Lipinski definition) is 4. The third kappa shape index (κ3) is 2.70. The minimum absolute atomic E-state index is 0.0355. The van der Waals surface area contributed by atoms with E-state index in [9.17, 15) is 5.11 Å². The highest BCUT2D eigenvalue weighted by atomic mass is 35.5. The van der Waals surface area contributed by atoms with E-state index in [0.29, 0.717) is 22.1 Å². The molecule has 0 saturated carbocycles. The SMILES string of the molecule is C=C(C#N)C(O)c1cc(Cl)c(OC)c(OC)c1. The molecule has 0 spiro atoms. The monoisotopic (exact) mass is 253 g/mol. The third-order valence-corrected chi connectivity index (χ3v) is 2.53. The third-order valence-electron chi connectivity index (χ3n) is 2.25. The zero-order valence-corrected chi connectivity index (χ0v) is 10.3. The second-order valence-electron chi connectivity index (χ2n) is 3.28. The molecule has 0 amide bonds. The molecule has 1 aromatic rings. The van der Waals surface area contributed by atoms with Gasteiger partial charge in [-0.25, -0.2) is 0 Å². The largest absolute Gasteiger partial charge is 0.493 e. The fourth-order valence-electron chi connectivity index (χ4n) is 1.36. The molecule has 0 aliphatic heterocycles. The van der Waals surface area contributed by atoms with Crippen molar-refractivity contribution in [1.29, 1.82) is 5.26 Å². The Balaban J connectivity index is 3.25. The molecule has 5 heteroatoms. The van der Waals surface area contributed by atoms with Crippen molar-refractivity contribution in [2.75, 3.05) is 14.2 Å². The topological polar surface area (TPSA) is 62.5 Å². The molecule has 0 saturated heterocycles. The summed E-state index contributed by atoms with van der Waals surface area (Å²) < 4.78 is 10.2. The molecule has 1 aromatic carbocycles. The molecule has 1 atom stereocenters. The smallest absolute Gasteiger partial charge is 0.179 e. The lowest BCUT2D eigenvalue weighted by molar-refractivity contribution is 0.220. The zero-order valence-electron chi connectivity index (χ0n) is 9.53. The van der Waals surface area contributed by atoms with Crippen LogP contribution in [-0.2, 0) is 0 Å². The summed E-state index contributed by atoms with van der Waals surface area (Å²) in [6.07, 6.45) is -1.10. The van der Waals surface area contributed by atoms with Crippen LogP contribution in [0.1, 0.15) is 11.7 Å². The molecule has 0 aliphatic rings. The predicted molar refractivity (Wildman–Crippen MR) is 64.3 cm³/mol. The first-order chi connectivity index (χ1) is 8.04. The maximum atomic E-state index is 9.82. The standard InChI is InChI=1S/C12H12ClNO3/c1-7(6-14)11(15)8-4-9(13)12(17-3)10(5-8)16-2/h4-5,11,15H,1H2,2-3H3. The molecule has 0 heterocycles. The number of ether oxygens (including phenoxy) is 2. The molecular formula is C12H12ClNO3. The van der Waals surface area contributed by atoms with Crippen LogP contribution in [-0.4, -0.2) is 19.3 Å². The molecule has 1 unspecified atom stereocenters. The molecule has 1 rings (SSSR count). The fraction of sp³-hybridized carbons (Fsp3) is 0.250. The summed E-state index contributed by atoms with van der Waals surface area (Å²) in [6, 6.07) is 4.85. The number of aliphatic hydroxyl groups excluding tert-OH is 1. The van der Waals surface area contributed by atoms with Gasteiger partial charge in [-0.2, -0.15) is 5.26 Å². The fourth-order valence-corrected chi connectivity index (χ4v) is 1.65. The van der Waals surface area contributed by atoms with Crippen molar-refractivity contribution in [2.45, 2.75) is 6.10 Å². The van der Waals surface area contributed by atoms with Crippen molar-refractivity contribution >= 4 is 11.6 Å². The zero-order chi connectivity index (χ0) is 13.0. The van der Waals surface area contributed by atoms with Crippen molar-refractivity contribution in [1.82, 2.24) is 0 Å². The summed E-state index contributed by atoms with van der Waals surface area (Å²) in [5.74, 6) is 0.771. The molecule has 0 radical (unpaired) electrons. The summed E-state index contributed by atoms with van der Waals surface area (Å²) in [4.78, 5) is 0. The Kier molecular flexibility index (Phi) is 4.38. The van der Waals surface area contributed by atoms with Gasteiger partial charge in [-0.3, -0.25) is 0 Å². The first kappa shape index (κ1) is 13.4. The molecule has 0 aromatic heterocycles. The molecule has 17 heavy (non-hydrogen) atoms. The maximum Gasteiger partial charge on any atom is 0.179 e. The van der Waals surface area contributed by atoms with Crippen LogP contribution in [0.4, 0.5) is 0 Å². The number of nitriles is 1. The van der Waals surface area contributed by atoms with Gasteiger partial charge < -0.3 is 14.6 Å². The van der Waals surface area contributed by atoms with Crippen LogP contribution in [0.5, 0.6) is 11.5 Å². The van der Waals surface area contributed by atoms with Gasteiger partial charge in [-0.1, -0.05) is 18.2 Å². The maximum absolute atomic E-state index is 9.82. The van der Waals surface area contributed by atoms with Crippen LogP contribution >= 0.6 is 11.6 Å². The van der Waals surface area contributed by atoms with Crippen LogP contribution in [0.2, 0.25) is 5.02 Å². The van der Waals surface area contributed by atoms with Gasteiger partial charge in [0, 0.05) is 0 Å². The average Bonchev–Trinajstić information content (AvgIpc) is 2.35. The van der Waals surface area contributed by atoms with E-state index in [2.05, 4.69) is 6.58 Å². The van der Waals surface area contributed by atoms with Gasteiger partial charge in [-0.05, 0) is 17.7 Å². The molecule has 0 bridgehead atoms. The Bertz CT molecular complexity index is 479. The lowest BCUT2D eigenvalue weighted by Gasteiger charge is -2.14. The predicted octanol–water partition coefficient (Wildman–Crippen LogP) is 2.47. The Labute approximate surface area is 105 Å². The number of aliphatic hydroxyl groups is 1. The van der Waals surface area contributed by atoms with Gasteiger partial charge in [-0.15, -0.1) is 0 Å². The van der Waals surface area contributed by atoms with Crippen LogP contribution < -0.4 is 9.47 Å². The number of halogens is 1. The Morgan fingerprint density at radius 3 is 2.59 bits per heavy atom. The van der Waals surface area contributed by atoms with Crippen molar-refractivity contribution < 1.29 is 14.6 Å². The van der Waals surface area contributed by atoms with Crippen molar-refractivity contribution in [2.24, 2.45) is 0 Å². The highest BCUT2D eigenvalue weighted by Crippen LogP contribution is 2.38. The van der Waals surface area contributed by atoms with E-state index in [1.165, 1.54) is 20.3 Å². The van der Waals surface area contributed by atoms with Gasteiger partial charge in [0.1, 0.15) is 6.10 Å². The summed E-state index contributed by atoms with van der Waals surface area (Å²) in [6.45, 7) is 3.45. The summed E-state index contributed by atoms with van der Waals surface area (Å²) in [5, 5.41) is 18.8. The number of nitrogens with zero attached hydrogens (tertiary/aromatic N) is 1. The summed E-state index contributed by atoms with van der Waals surface area (Å²) in [5.41, 5.74) is 0.465. The van der Waals surface area contributed by atoms with E-state index < -0.39 is 6.10 Å². The van der Waals surface area contributed by atoms with Gasteiger partial charge in [0.25, 0.3) is 0 Å². The molecule has 0 aliphatic carbocycles. The van der Waals surface area contributed by atoms with Crippen molar-refractivity contribution in [3.8, 4) is 17.6 Å². The van der Waals surface area contributed by atoms with E-state index in [0.717, 1.165) is 0 Å². The Hall–Kier alpha value is -1.70. The van der Waals surface area contributed by atoms with E-state index in [4.69, 9.17) is 26.3 Å². The molecule has 4 nitrogen and oxygen atoms in total. The molecule has 1 N–H and O–H groups in total. The highest BCUT2D eigenvalue weighted by Gasteiger charge is 2.17. The van der Waals surface area contributed by atoms with E-state index in [-0.39, 0.29) is 5.57 Å². The normalized spacial score (nSPS) is 11.5. The van der Waals surface area contributed by atoms with E-state index >= 15 is 0 Å². The Morgan fingerprint density at radius 2 is 2.12 bits per heavy atom. The number of rotatable bonds is 4. The Morgan fingerprint density at radius 1 is 1.47 bits per heavy atom. The van der Waals surface area contributed by atoms with E-state index in [1.54, 1.807) is 12.1 Å². The second-order valence-corrected chi connectivity index (χ2v) is 3.69. The minimum Gasteiger partial charge on any atom is -0.493 e. The van der Waals surface area contributed by atoms with Crippen LogP contribution in [0.15, 0.2) is 24.3 Å². The van der Waals surface area contributed by atoms with Crippen LogP contribution in [0.25, 0.3) is 0 Å². The molecular weight excluding hydrogens is 242 g/mol. The quantitative estimate of drug-likeness (QED) is 0.838. The van der Waals surface area contributed by atoms with Crippen molar-refractivity contribution in [3.05, 3.63) is 34.9 Å². The van der Waals surface area contributed by atoms with Gasteiger partial charge in [0.2, 0.25) is 0 Å². The lowest BCUT2D eigenvalue weighted by Crippen LogP contribution is -2.01. The van der Waals surface area contributed by atoms with E-state index in [1.807, 2.05) is 0 Å². The summed E-state index contributed by atoms with van der Waals surface area (Å²) >= 11 is 5.98. The minimum atomic E-state index is -1.10. The number of methoxy groups -OCH3 is 2. The van der Waals surface area contributed by atoms with Gasteiger partial charge in [0.15, 0.2) is 11.5 Å². The molecule has 90 valence electrons. The number of benzene rings is 1. The lowest BCUT2D eigenvalue weighted by atomic mass is 10.0.